The second-order valence-electron chi connectivity index (χ2n) is 4.76. The average molecular weight is 300 g/mol. The van der Waals surface area contributed by atoms with Crippen LogP contribution in [0.5, 0.6) is 0 Å². The molecular formula is C16H16N2O2S. The molecule has 1 heterocycles. The van der Waals surface area contributed by atoms with Crippen LogP contribution in [0.3, 0.4) is 0 Å². The molecule has 4 nitrogen and oxygen atoms in total. The lowest BCUT2D eigenvalue weighted by Crippen LogP contribution is -2.37. The number of ether oxygens (including phenoxy) is 1. The number of carbonyl (C=O) groups excluding carboxylic acids is 1. The number of thioether (sulfide) groups is 1. The number of esters is 1. The highest BCUT2D eigenvalue weighted by molar-refractivity contribution is 8.15. The first kappa shape index (κ1) is 14.1. The molecule has 0 spiro atoms. The second kappa shape index (κ2) is 5.87. The van der Waals surface area contributed by atoms with Gasteiger partial charge < -0.3 is 10.1 Å². The van der Waals surface area contributed by atoms with Crippen molar-refractivity contribution < 1.29 is 9.53 Å². The van der Waals surface area contributed by atoms with E-state index in [1.165, 1.54) is 12.5 Å². The molecule has 2 aromatic rings. The van der Waals surface area contributed by atoms with E-state index in [0.29, 0.717) is 0 Å². The number of hydrogen-bond donors (Lipinski definition) is 1. The van der Waals surface area contributed by atoms with Gasteiger partial charge in [0.2, 0.25) is 0 Å². The van der Waals surface area contributed by atoms with Crippen molar-refractivity contribution in [1.82, 2.24) is 5.32 Å². The lowest BCUT2D eigenvalue weighted by atomic mass is 10.1. The number of fused-ring (bicyclic) bond motifs is 1. The van der Waals surface area contributed by atoms with E-state index in [2.05, 4.69) is 28.5 Å². The van der Waals surface area contributed by atoms with Crippen LogP contribution in [0.1, 0.15) is 5.56 Å². The van der Waals surface area contributed by atoms with Gasteiger partial charge in [-0.05, 0) is 17.8 Å². The number of aliphatic imine (C=N–C) groups is 1. The van der Waals surface area contributed by atoms with Crippen LogP contribution in [0, 0.1) is 0 Å². The van der Waals surface area contributed by atoms with Gasteiger partial charge in [0.25, 0.3) is 0 Å². The number of benzene rings is 2. The van der Waals surface area contributed by atoms with E-state index < -0.39 is 6.04 Å². The van der Waals surface area contributed by atoms with Crippen molar-refractivity contribution in [1.29, 1.82) is 0 Å². The molecule has 108 valence electrons. The van der Waals surface area contributed by atoms with Gasteiger partial charge in [-0.2, -0.15) is 0 Å². The third-order valence-electron chi connectivity index (χ3n) is 3.53. The van der Waals surface area contributed by atoms with E-state index >= 15 is 0 Å². The van der Waals surface area contributed by atoms with Crippen LogP contribution < -0.4 is 5.32 Å². The van der Waals surface area contributed by atoms with Crippen molar-refractivity contribution in [2.75, 3.05) is 14.2 Å². The maximum absolute atomic E-state index is 11.8. The zero-order chi connectivity index (χ0) is 14.8. The van der Waals surface area contributed by atoms with Gasteiger partial charge >= 0.3 is 5.97 Å². The Morgan fingerprint density at radius 3 is 2.76 bits per heavy atom. The van der Waals surface area contributed by atoms with Gasteiger partial charge in [0.05, 0.1) is 12.5 Å². The number of rotatable bonds is 3. The third kappa shape index (κ3) is 2.54. The first-order valence-corrected chi connectivity index (χ1v) is 7.60. The fraction of sp³-hybridized carbons (Fsp3) is 0.250. The second-order valence-corrected chi connectivity index (χ2v) is 5.89. The Hall–Kier alpha value is -1.85. The van der Waals surface area contributed by atoms with E-state index in [4.69, 9.17) is 4.74 Å². The molecule has 2 aromatic carbocycles. The summed E-state index contributed by atoms with van der Waals surface area (Å²) in [4.78, 5) is 16.4. The minimum Gasteiger partial charge on any atom is -0.467 e. The minimum atomic E-state index is -0.501. The maximum atomic E-state index is 11.8. The molecule has 0 amide bonds. The quantitative estimate of drug-likeness (QED) is 0.885. The van der Waals surface area contributed by atoms with Crippen molar-refractivity contribution in [2.24, 2.45) is 4.99 Å². The molecular weight excluding hydrogens is 284 g/mol. The monoisotopic (exact) mass is 300 g/mol. The van der Waals surface area contributed by atoms with E-state index in [0.717, 1.165) is 16.0 Å². The topological polar surface area (TPSA) is 50.7 Å². The van der Waals surface area contributed by atoms with Gasteiger partial charge in [-0.1, -0.05) is 54.2 Å². The minimum absolute atomic E-state index is 0.0913. The molecule has 1 aliphatic rings. The number of nitrogens with one attached hydrogen (secondary N) is 1. The molecule has 0 fully saturated rings. The lowest BCUT2D eigenvalue weighted by Gasteiger charge is -2.13. The maximum Gasteiger partial charge on any atom is 0.333 e. The molecule has 3 rings (SSSR count). The smallest absolute Gasteiger partial charge is 0.333 e. The summed E-state index contributed by atoms with van der Waals surface area (Å²) >= 11 is 1.57. The van der Waals surface area contributed by atoms with Gasteiger partial charge in [-0.25, -0.2) is 4.79 Å². The summed E-state index contributed by atoms with van der Waals surface area (Å²) in [6.45, 7) is 0. The van der Waals surface area contributed by atoms with Crippen LogP contribution in [-0.4, -0.2) is 36.6 Å². The van der Waals surface area contributed by atoms with E-state index in [1.54, 1.807) is 11.8 Å². The Morgan fingerprint density at radius 2 is 2.00 bits per heavy atom. The van der Waals surface area contributed by atoms with E-state index in [9.17, 15) is 4.79 Å². The molecule has 2 atom stereocenters. The third-order valence-corrected chi connectivity index (χ3v) is 4.82. The highest BCUT2D eigenvalue weighted by Crippen LogP contribution is 2.32. The number of nitrogens with zero attached hydrogens (tertiary/aromatic N) is 1. The van der Waals surface area contributed by atoms with E-state index in [-0.39, 0.29) is 11.3 Å². The summed E-state index contributed by atoms with van der Waals surface area (Å²) in [5.74, 6) is -0.308. The highest BCUT2D eigenvalue weighted by atomic mass is 32.2. The molecule has 2 unspecified atom stereocenters. The van der Waals surface area contributed by atoms with Crippen molar-refractivity contribution in [3.05, 3.63) is 48.0 Å². The Bertz CT molecular complexity index is 709. The largest absolute Gasteiger partial charge is 0.467 e. The number of methoxy groups -OCH3 is 1. The van der Waals surface area contributed by atoms with Crippen LogP contribution in [0.15, 0.2) is 47.5 Å². The Labute approximate surface area is 127 Å². The summed E-state index contributed by atoms with van der Waals surface area (Å²) in [7, 11) is 3.22. The summed E-state index contributed by atoms with van der Waals surface area (Å²) in [6.07, 6.45) is 0. The average Bonchev–Trinajstić information content (AvgIpc) is 2.97. The van der Waals surface area contributed by atoms with Crippen molar-refractivity contribution in [2.45, 2.75) is 11.4 Å². The van der Waals surface area contributed by atoms with Gasteiger partial charge in [-0.15, -0.1) is 0 Å². The molecule has 0 aromatic heterocycles. The van der Waals surface area contributed by atoms with Crippen molar-refractivity contribution >= 4 is 33.5 Å². The molecule has 1 N–H and O–H groups in total. The Kier molecular flexibility index (Phi) is 3.94. The Morgan fingerprint density at radius 1 is 1.24 bits per heavy atom. The van der Waals surface area contributed by atoms with Crippen LogP contribution in [-0.2, 0) is 9.53 Å². The summed E-state index contributed by atoms with van der Waals surface area (Å²) in [5, 5.41) is 6.22. The van der Waals surface area contributed by atoms with Gasteiger partial charge in [0.15, 0.2) is 6.04 Å². The number of likely N-dealkylation sites (N-methyl/N-ethyl adjacent to an activating group) is 1. The molecule has 0 radical (unpaired) electrons. The number of hydrogen-bond acceptors (Lipinski definition) is 5. The van der Waals surface area contributed by atoms with E-state index in [1.807, 2.05) is 31.3 Å². The van der Waals surface area contributed by atoms with Crippen LogP contribution in [0.2, 0.25) is 0 Å². The van der Waals surface area contributed by atoms with Gasteiger partial charge in [-0.3, -0.25) is 4.99 Å². The standard InChI is InChI=1S/C16H16N2O2S/c1-17-15-13(16(19)20-2)18-14(21-15)12-9-5-7-10-6-3-4-8-11(10)12/h3-9,13,15,17H,1-2H3. The fourth-order valence-corrected chi connectivity index (χ4v) is 3.61. The van der Waals surface area contributed by atoms with Crippen molar-refractivity contribution in [3.8, 4) is 0 Å². The molecule has 21 heavy (non-hydrogen) atoms. The molecule has 0 aliphatic carbocycles. The van der Waals surface area contributed by atoms with Crippen molar-refractivity contribution in [3.63, 3.8) is 0 Å². The first-order valence-electron chi connectivity index (χ1n) is 6.72. The molecule has 0 bridgehead atoms. The predicted molar refractivity (Wildman–Crippen MR) is 86.7 cm³/mol. The predicted octanol–water partition coefficient (Wildman–Crippen LogP) is 2.42. The molecule has 1 aliphatic heterocycles. The SMILES string of the molecule is CNC1SC(c2cccc3ccccc23)=NC1C(=O)OC. The summed E-state index contributed by atoms with van der Waals surface area (Å²) in [6, 6.07) is 13.8. The normalized spacial score (nSPS) is 21.3. The summed E-state index contributed by atoms with van der Waals surface area (Å²) in [5.41, 5.74) is 1.06. The molecule has 0 saturated heterocycles. The van der Waals surface area contributed by atoms with Gasteiger partial charge in [0, 0.05) is 5.56 Å². The van der Waals surface area contributed by atoms with Crippen LogP contribution in [0.25, 0.3) is 10.8 Å². The van der Waals surface area contributed by atoms with Crippen LogP contribution >= 0.6 is 11.8 Å². The molecule has 0 saturated carbocycles. The zero-order valence-electron chi connectivity index (χ0n) is 11.9. The van der Waals surface area contributed by atoms with Crippen LogP contribution in [0.4, 0.5) is 0 Å². The number of carbonyl (C=O) groups is 1. The van der Waals surface area contributed by atoms with Gasteiger partial charge in [0.1, 0.15) is 5.04 Å². The lowest BCUT2D eigenvalue weighted by molar-refractivity contribution is -0.142. The molecule has 5 heteroatoms. The Balaban J connectivity index is 2.05. The highest BCUT2D eigenvalue weighted by Gasteiger charge is 2.36. The first-order chi connectivity index (χ1) is 10.2. The fourth-order valence-electron chi connectivity index (χ4n) is 2.47. The summed E-state index contributed by atoms with van der Waals surface area (Å²) < 4.78 is 4.84. The zero-order valence-corrected chi connectivity index (χ0v) is 12.7.